The van der Waals surface area contributed by atoms with Crippen LogP contribution < -0.4 is 5.73 Å². The summed E-state index contributed by atoms with van der Waals surface area (Å²) in [4.78, 5) is 0. The highest BCUT2D eigenvalue weighted by Crippen LogP contribution is 2.25. The Hall–Kier alpha value is -0.240. The molecule has 0 aliphatic heterocycles. The first-order valence-corrected chi connectivity index (χ1v) is 9.64. The minimum Gasteiger partial charge on any atom is -0.378 e. The molecule has 0 aliphatic carbocycles. The van der Waals surface area contributed by atoms with Gasteiger partial charge < -0.3 is 19.9 Å². The molecule has 21 heavy (non-hydrogen) atoms. The summed E-state index contributed by atoms with van der Waals surface area (Å²) in [7, 11) is 3.71. The van der Waals surface area contributed by atoms with E-state index in [9.17, 15) is 0 Å². The monoisotopic (exact) mass is 331 g/mol. The average molecular weight is 332 g/mol. The van der Waals surface area contributed by atoms with Gasteiger partial charge in [0.2, 0.25) is 0 Å². The highest BCUT2D eigenvalue weighted by atomic mass is 33.1. The van der Waals surface area contributed by atoms with E-state index in [0.717, 1.165) is 18.1 Å². The van der Waals surface area contributed by atoms with Crippen LogP contribution in [0.2, 0.25) is 0 Å². The lowest BCUT2D eigenvalue weighted by atomic mass is 10.2. The zero-order valence-corrected chi connectivity index (χ0v) is 14.0. The maximum Gasteiger partial charge on any atom is 0.0701 e. The van der Waals surface area contributed by atoms with Crippen LogP contribution in [0.25, 0.3) is 0 Å². The van der Waals surface area contributed by atoms with Crippen LogP contribution in [0.15, 0.2) is 30.3 Å². The predicted octanol–water partition coefficient (Wildman–Crippen LogP) is 2.58. The largest absolute Gasteiger partial charge is 0.378 e. The number of hydrogen-bond acceptors (Lipinski definition) is 6. The molecule has 0 heterocycles. The van der Waals surface area contributed by atoms with E-state index in [1.165, 1.54) is 5.56 Å². The van der Waals surface area contributed by atoms with Crippen LogP contribution in [0.5, 0.6) is 0 Å². The van der Waals surface area contributed by atoms with Crippen molar-refractivity contribution in [2.45, 2.75) is 5.75 Å². The van der Waals surface area contributed by atoms with Crippen LogP contribution >= 0.6 is 21.6 Å². The molecule has 0 unspecified atom stereocenters. The van der Waals surface area contributed by atoms with Crippen LogP contribution in [0.4, 0.5) is 0 Å². The Bertz CT molecular complexity index is 328. The minimum atomic E-state index is 0.559. The Morgan fingerprint density at radius 2 is 1.38 bits per heavy atom. The highest BCUT2D eigenvalue weighted by Gasteiger charge is 1.95. The summed E-state index contributed by atoms with van der Waals surface area (Å²) in [5.41, 5.74) is 6.66. The van der Waals surface area contributed by atoms with Crippen LogP contribution in [0.3, 0.4) is 0 Å². The summed E-state index contributed by atoms with van der Waals surface area (Å²) in [6, 6.07) is 10.5. The number of hydrogen-bond donors (Lipinski definition) is 1. The molecule has 0 saturated carbocycles. The van der Waals surface area contributed by atoms with E-state index in [2.05, 4.69) is 24.3 Å². The SMILES string of the molecule is NCCOCCOCCOCCSSCc1ccccc1. The summed E-state index contributed by atoms with van der Waals surface area (Å²) >= 11 is 0. The zero-order valence-electron chi connectivity index (χ0n) is 12.4. The van der Waals surface area contributed by atoms with E-state index in [1.807, 2.05) is 27.7 Å². The zero-order chi connectivity index (χ0) is 15.0. The minimum absolute atomic E-state index is 0.559. The van der Waals surface area contributed by atoms with Gasteiger partial charge >= 0.3 is 0 Å². The molecule has 120 valence electrons. The fourth-order valence-corrected chi connectivity index (χ4v) is 3.39. The number of benzene rings is 1. The Morgan fingerprint density at radius 3 is 2.05 bits per heavy atom. The fraction of sp³-hybridized carbons (Fsp3) is 0.600. The molecule has 0 aliphatic rings. The summed E-state index contributed by atoms with van der Waals surface area (Å²) in [6.07, 6.45) is 0. The van der Waals surface area contributed by atoms with Gasteiger partial charge in [0.1, 0.15) is 0 Å². The molecule has 0 radical (unpaired) electrons. The smallest absolute Gasteiger partial charge is 0.0701 e. The van der Waals surface area contributed by atoms with Gasteiger partial charge in [-0.2, -0.15) is 0 Å². The van der Waals surface area contributed by atoms with E-state index in [0.29, 0.717) is 39.6 Å². The average Bonchev–Trinajstić information content (AvgIpc) is 2.53. The fourth-order valence-electron chi connectivity index (χ4n) is 1.46. The molecule has 6 heteroatoms. The van der Waals surface area contributed by atoms with Gasteiger partial charge in [0, 0.05) is 18.1 Å². The van der Waals surface area contributed by atoms with Crippen molar-refractivity contribution in [2.75, 3.05) is 51.9 Å². The van der Waals surface area contributed by atoms with E-state index in [1.54, 1.807) is 0 Å². The lowest BCUT2D eigenvalue weighted by Crippen LogP contribution is -2.13. The van der Waals surface area contributed by atoms with Crippen LogP contribution in [0, 0.1) is 0 Å². The Balaban J connectivity index is 1.75. The molecule has 0 saturated heterocycles. The van der Waals surface area contributed by atoms with Crippen molar-refractivity contribution >= 4 is 21.6 Å². The van der Waals surface area contributed by atoms with Gasteiger partial charge in [0.25, 0.3) is 0 Å². The van der Waals surface area contributed by atoms with Gasteiger partial charge in [-0.25, -0.2) is 0 Å². The van der Waals surface area contributed by atoms with Crippen LogP contribution in [0.1, 0.15) is 5.56 Å². The number of rotatable bonds is 14. The quantitative estimate of drug-likeness (QED) is 0.418. The van der Waals surface area contributed by atoms with E-state index >= 15 is 0 Å². The van der Waals surface area contributed by atoms with Crippen molar-refractivity contribution in [2.24, 2.45) is 5.73 Å². The summed E-state index contributed by atoms with van der Waals surface area (Å²) < 4.78 is 16.1. The lowest BCUT2D eigenvalue weighted by molar-refractivity contribution is 0.0190. The number of nitrogens with two attached hydrogens (primary N) is 1. The summed E-state index contributed by atoms with van der Waals surface area (Å²) in [5, 5.41) is 0. The molecule has 0 amide bonds. The molecule has 2 N–H and O–H groups in total. The molecular formula is C15H25NO3S2. The van der Waals surface area contributed by atoms with Gasteiger partial charge in [0.15, 0.2) is 0 Å². The van der Waals surface area contributed by atoms with Crippen LogP contribution in [-0.4, -0.2) is 51.9 Å². The topological polar surface area (TPSA) is 53.7 Å². The molecule has 0 atom stereocenters. The van der Waals surface area contributed by atoms with Crippen molar-refractivity contribution in [3.05, 3.63) is 35.9 Å². The maximum atomic E-state index is 5.49. The molecule has 0 bridgehead atoms. The van der Waals surface area contributed by atoms with E-state index in [4.69, 9.17) is 19.9 Å². The second-order valence-electron chi connectivity index (χ2n) is 4.20. The first-order valence-electron chi connectivity index (χ1n) is 7.15. The predicted molar refractivity (Wildman–Crippen MR) is 91.7 cm³/mol. The van der Waals surface area contributed by atoms with Crippen molar-refractivity contribution in [1.29, 1.82) is 0 Å². The first kappa shape index (κ1) is 18.8. The van der Waals surface area contributed by atoms with E-state index in [-0.39, 0.29) is 0 Å². The van der Waals surface area contributed by atoms with Crippen molar-refractivity contribution < 1.29 is 14.2 Å². The molecule has 1 aromatic rings. The lowest BCUT2D eigenvalue weighted by Gasteiger charge is -2.06. The maximum absolute atomic E-state index is 5.49. The standard InChI is InChI=1S/C15H25NO3S2/c16-6-7-17-8-9-18-10-11-19-12-13-20-21-14-15-4-2-1-3-5-15/h1-5H,6-14,16H2. The molecule has 1 rings (SSSR count). The second kappa shape index (κ2) is 14.7. The van der Waals surface area contributed by atoms with E-state index < -0.39 is 0 Å². The van der Waals surface area contributed by atoms with Gasteiger partial charge in [-0.15, -0.1) is 0 Å². The third kappa shape index (κ3) is 12.0. The van der Waals surface area contributed by atoms with Crippen molar-refractivity contribution in [3.8, 4) is 0 Å². The normalized spacial score (nSPS) is 10.9. The molecule has 0 spiro atoms. The van der Waals surface area contributed by atoms with Gasteiger partial charge in [-0.1, -0.05) is 51.9 Å². The van der Waals surface area contributed by atoms with Crippen molar-refractivity contribution in [3.63, 3.8) is 0 Å². The van der Waals surface area contributed by atoms with Crippen LogP contribution in [-0.2, 0) is 20.0 Å². The van der Waals surface area contributed by atoms with Gasteiger partial charge in [-0.3, -0.25) is 0 Å². The first-order chi connectivity index (χ1) is 10.4. The summed E-state index contributed by atoms with van der Waals surface area (Å²) in [6.45, 7) is 4.38. The van der Waals surface area contributed by atoms with Gasteiger partial charge in [-0.05, 0) is 5.56 Å². The Kier molecular flexibility index (Phi) is 13.2. The Morgan fingerprint density at radius 1 is 0.762 bits per heavy atom. The summed E-state index contributed by atoms with van der Waals surface area (Å²) in [5.74, 6) is 2.04. The third-order valence-corrected chi connectivity index (χ3v) is 4.77. The second-order valence-corrected chi connectivity index (χ2v) is 6.78. The third-order valence-electron chi connectivity index (χ3n) is 2.47. The molecule has 0 fully saturated rings. The molecular weight excluding hydrogens is 306 g/mol. The van der Waals surface area contributed by atoms with Gasteiger partial charge in [0.05, 0.1) is 39.6 Å². The van der Waals surface area contributed by atoms with Crippen molar-refractivity contribution in [1.82, 2.24) is 0 Å². The highest BCUT2D eigenvalue weighted by molar-refractivity contribution is 8.76. The number of ether oxygens (including phenoxy) is 3. The molecule has 0 aromatic heterocycles. The Labute approximate surface area is 135 Å². The molecule has 1 aromatic carbocycles. The molecule has 4 nitrogen and oxygen atoms in total.